The van der Waals surface area contributed by atoms with Crippen LogP contribution >= 0.6 is 0 Å². The Kier molecular flexibility index (Phi) is 4.53. The predicted molar refractivity (Wildman–Crippen MR) is 84.3 cm³/mol. The van der Waals surface area contributed by atoms with Crippen LogP contribution < -0.4 is 0 Å². The van der Waals surface area contributed by atoms with Gasteiger partial charge in [0.25, 0.3) is 0 Å². The number of ether oxygens (including phenoxy) is 2. The van der Waals surface area contributed by atoms with Crippen molar-refractivity contribution in [3.8, 4) is 0 Å². The third-order valence-electron chi connectivity index (χ3n) is 5.12. The zero-order valence-corrected chi connectivity index (χ0v) is 13.8. The lowest BCUT2D eigenvalue weighted by atomic mass is 9.87. The number of hydrogen-bond acceptors (Lipinski definition) is 3. The van der Waals surface area contributed by atoms with Crippen molar-refractivity contribution in [2.24, 2.45) is 0 Å². The molecule has 0 spiro atoms. The second-order valence-corrected chi connectivity index (χ2v) is 7.00. The van der Waals surface area contributed by atoms with E-state index in [0.717, 1.165) is 37.2 Å². The molecule has 0 aromatic heterocycles. The van der Waals surface area contributed by atoms with E-state index in [0.29, 0.717) is 6.61 Å². The lowest BCUT2D eigenvalue weighted by Gasteiger charge is -2.37. The topological polar surface area (TPSA) is 21.7 Å². The van der Waals surface area contributed by atoms with Gasteiger partial charge in [-0.3, -0.25) is 4.90 Å². The van der Waals surface area contributed by atoms with Gasteiger partial charge in [0.1, 0.15) is 5.82 Å². The summed E-state index contributed by atoms with van der Waals surface area (Å²) in [5.74, 6) is -0.152. The van der Waals surface area contributed by atoms with E-state index >= 15 is 0 Å². The van der Waals surface area contributed by atoms with Crippen LogP contribution in [-0.4, -0.2) is 36.8 Å². The summed E-state index contributed by atoms with van der Waals surface area (Å²) in [6.45, 7) is 7.65. The summed E-state index contributed by atoms with van der Waals surface area (Å²) in [6, 6.07) is 3.33. The fourth-order valence-electron chi connectivity index (χ4n) is 3.48. The molecule has 1 fully saturated rings. The average molecular weight is 307 g/mol. The Morgan fingerprint density at radius 1 is 1.32 bits per heavy atom. The fraction of sp³-hybridized carbons (Fsp3) is 0.667. The molecule has 4 heteroatoms. The van der Waals surface area contributed by atoms with Crippen LogP contribution in [0.25, 0.3) is 0 Å². The first-order valence-electron chi connectivity index (χ1n) is 8.19. The highest BCUT2D eigenvalue weighted by molar-refractivity contribution is 5.38. The SMILES string of the molecule is COC(C)(C)C1Cc2c(cc(F)cc2CN2CCCC2)CO1. The van der Waals surface area contributed by atoms with Crippen LogP contribution in [0.3, 0.4) is 0 Å². The summed E-state index contributed by atoms with van der Waals surface area (Å²) in [4.78, 5) is 2.42. The highest BCUT2D eigenvalue weighted by Crippen LogP contribution is 2.32. The van der Waals surface area contributed by atoms with Crippen molar-refractivity contribution < 1.29 is 13.9 Å². The van der Waals surface area contributed by atoms with Gasteiger partial charge in [0.15, 0.2) is 0 Å². The van der Waals surface area contributed by atoms with Crippen molar-refractivity contribution in [2.75, 3.05) is 20.2 Å². The van der Waals surface area contributed by atoms with Gasteiger partial charge in [0.2, 0.25) is 0 Å². The summed E-state index contributed by atoms with van der Waals surface area (Å²) in [5.41, 5.74) is 3.04. The Morgan fingerprint density at radius 3 is 2.73 bits per heavy atom. The molecule has 2 aliphatic heterocycles. The van der Waals surface area contributed by atoms with Gasteiger partial charge in [-0.1, -0.05) is 0 Å². The van der Waals surface area contributed by atoms with Crippen molar-refractivity contribution in [2.45, 2.75) is 58.0 Å². The molecule has 1 aromatic rings. The molecular formula is C18H26FNO2. The molecular weight excluding hydrogens is 281 g/mol. The Labute approximate surface area is 132 Å². The molecule has 122 valence electrons. The highest BCUT2D eigenvalue weighted by Gasteiger charge is 2.34. The molecule has 3 nitrogen and oxygen atoms in total. The molecule has 1 aromatic carbocycles. The largest absolute Gasteiger partial charge is 0.376 e. The normalized spacial score (nSPS) is 22.8. The molecule has 1 unspecified atom stereocenters. The van der Waals surface area contributed by atoms with Crippen LogP contribution in [0.5, 0.6) is 0 Å². The van der Waals surface area contributed by atoms with Crippen LogP contribution in [0.15, 0.2) is 12.1 Å². The van der Waals surface area contributed by atoms with Crippen molar-refractivity contribution in [3.63, 3.8) is 0 Å². The second kappa shape index (κ2) is 6.26. The van der Waals surface area contributed by atoms with Crippen LogP contribution in [-0.2, 0) is 29.0 Å². The summed E-state index contributed by atoms with van der Waals surface area (Å²) in [6.07, 6.45) is 3.30. The van der Waals surface area contributed by atoms with Crippen molar-refractivity contribution in [3.05, 3.63) is 34.6 Å². The van der Waals surface area contributed by atoms with Gasteiger partial charge >= 0.3 is 0 Å². The number of benzene rings is 1. The Morgan fingerprint density at radius 2 is 2.05 bits per heavy atom. The zero-order valence-electron chi connectivity index (χ0n) is 13.8. The maximum atomic E-state index is 13.9. The quantitative estimate of drug-likeness (QED) is 0.852. The number of hydrogen-bond donors (Lipinski definition) is 0. The Hall–Kier alpha value is -0.970. The van der Waals surface area contributed by atoms with Gasteiger partial charge in [-0.05, 0) is 68.6 Å². The molecule has 2 aliphatic rings. The molecule has 0 aliphatic carbocycles. The highest BCUT2D eigenvalue weighted by atomic mass is 19.1. The number of likely N-dealkylation sites (tertiary alicyclic amines) is 1. The monoisotopic (exact) mass is 307 g/mol. The number of halogens is 1. The van der Waals surface area contributed by atoms with E-state index in [1.165, 1.54) is 18.4 Å². The summed E-state index contributed by atoms with van der Waals surface area (Å²) >= 11 is 0. The van der Waals surface area contributed by atoms with Gasteiger partial charge < -0.3 is 9.47 Å². The van der Waals surface area contributed by atoms with E-state index in [1.54, 1.807) is 19.2 Å². The van der Waals surface area contributed by atoms with Gasteiger partial charge in [-0.15, -0.1) is 0 Å². The van der Waals surface area contributed by atoms with Crippen molar-refractivity contribution in [1.29, 1.82) is 0 Å². The number of fused-ring (bicyclic) bond motifs is 1. The summed E-state index contributed by atoms with van der Waals surface area (Å²) in [7, 11) is 1.72. The van der Waals surface area contributed by atoms with Crippen molar-refractivity contribution in [1.82, 2.24) is 4.90 Å². The third kappa shape index (κ3) is 3.19. The van der Waals surface area contributed by atoms with Gasteiger partial charge in [-0.25, -0.2) is 4.39 Å². The van der Waals surface area contributed by atoms with Gasteiger partial charge in [0, 0.05) is 20.1 Å². The van der Waals surface area contributed by atoms with E-state index in [-0.39, 0.29) is 17.5 Å². The van der Waals surface area contributed by atoms with Gasteiger partial charge in [-0.2, -0.15) is 0 Å². The minimum atomic E-state index is -0.336. The van der Waals surface area contributed by atoms with E-state index in [1.807, 2.05) is 13.8 Å². The average Bonchev–Trinajstić information content (AvgIpc) is 2.99. The maximum absolute atomic E-state index is 13.9. The van der Waals surface area contributed by atoms with Crippen LogP contribution in [0, 0.1) is 5.82 Å². The standard InChI is InChI=1S/C18H26FNO2/c1-18(2,21-3)17-10-16-13(11-20-6-4-5-7-20)8-15(19)9-14(16)12-22-17/h8-9,17H,4-7,10-12H2,1-3H3. The zero-order chi connectivity index (χ0) is 15.7. The van der Waals surface area contributed by atoms with E-state index < -0.39 is 0 Å². The molecule has 1 saturated heterocycles. The van der Waals surface area contributed by atoms with Crippen molar-refractivity contribution >= 4 is 0 Å². The smallest absolute Gasteiger partial charge is 0.123 e. The lowest BCUT2D eigenvalue weighted by Crippen LogP contribution is -2.44. The number of methoxy groups -OCH3 is 1. The molecule has 0 N–H and O–H groups in total. The van der Waals surface area contributed by atoms with E-state index in [2.05, 4.69) is 4.90 Å². The van der Waals surface area contributed by atoms with E-state index in [4.69, 9.17) is 9.47 Å². The molecule has 0 bridgehead atoms. The fourth-order valence-corrected chi connectivity index (χ4v) is 3.48. The Balaban J connectivity index is 1.87. The molecule has 2 heterocycles. The third-order valence-corrected chi connectivity index (χ3v) is 5.12. The first-order valence-corrected chi connectivity index (χ1v) is 8.19. The first kappa shape index (κ1) is 15.9. The molecule has 22 heavy (non-hydrogen) atoms. The minimum Gasteiger partial charge on any atom is -0.376 e. The molecule has 3 rings (SSSR count). The summed E-state index contributed by atoms with van der Waals surface area (Å²) in [5, 5.41) is 0. The van der Waals surface area contributed by atoms with Crippen LogP contribution in [0.1, 0.15) is 43.4 Å². The minimum absolute atomic E-state index is 0.00721. The van der Waals surface area contributed by atoms with Gasteiger partial charge in [0.05, 0.1) is 18.3 Å². The molecule has 0 saturated carbocycles. The van der Waals surface area contributed by atoms with Crippen LogP contribution in [0.2, 0.25) is 0 Å². The summed E-state index contributed by atoms with van der Waals surface area (Å²) < 4.78 is 25.4. The first-order chi connectivity index (χ1) is 10.5. The Bertz CT molecular complexity index is 538. The maximum Gasteiger partial charge on any atom is 0.123 e. The lowest BCUT2D eigenvalue weighted by molar-refractivity contribution is -0.120. The molecule has 0 radical (unpaired) electrons. The number of nitrogens with zero attached hydrogens (tertiary/aromatic N) is 1. The molecule has 1 atom stereocenters. The second-order valence-electron chi connectivity index (χ2n) is 7.00. The number of rotatable bonds is 4. The van der Waals surface area contributed by atoms with Crippen LogP contribution in [0.4, 0.5) is 4.39 Å². The predicted octanol–water partition coefficient (Wildman–Crippen LogP) is 3.29. The van der Waals surface area contributed by atoms with E-state index in [9.17, 15) is 4.39 Å². The molecule has 0 amide bonds.